The van der Waals surface area contributed by atoms with Crippen molar-refractivity contribution in [2.24, 2.45) is 0 Å². The fourth-order valence-electron chi connectivity index (χ4n) is 4.57. The molecule has 3 aliphatic rings. The van der Waals surface area contributed by atoms with E-state index < -0.39 is 6.10 Å². The molecule has 0 saturated carbocycles. The largest absolute Gasteiger partial charge is 0.497 e. The van der Waals surface area contributed by atoms with Crippen LogP contribution in [0.25, 0.3) is 0 Å². The summed E-state index contributed by atoms with van der Waals surface area (Å²) in [4.78, 5) is 4.79. The van der Waals surface area contributed by atoms with E-state index in [0.29, 0.717) is 13.2 Å². The quantitative estimate of drug-likeness (QED) is 0.735. The van der Waals surface area contributed by atoms with Gasteiger partial charge in [0.2, 0.25) is 0 Å². The molecule has 6 heteroatoms. The first-order valence-electron chi connectivity index (χ1n) is 10.7. The Morgan fingerprint density at radius 3 is 2.50 bits per heavy atom. The van der Waals surface area contributed by atoms with Gasteiger partial charge in [-0.25, -0.2) is 0 Å². The molecule has 28 heavy (non-hydrogen) atoms. The number of ether oxygens (including phenoxy) is 3. The molecule has 3 aliphatic heterocycles. The summed E-state index contributed by atoms with van der Waals surface area (Å²) in [6.45, 7) is 7.07. The fourth-order valence-corrected chi connectivity index (χ4v) is 4.57. The third kappa shape index (κ3) is 4.79. The van der Waals surface area contributed by atoms with Crippen LogP contribution in [0, 0.1) is 0 Å². The Morgan fingerprint density at radius 1 is 1.11 bits per heavy atom. The van der Waals surface area contributed by atoms with Crippen molar-refractivity contribution in [3.8, 4) is 11.5 Å². The van der Waals surface area contributed by atoms with Crippen molar-refractivity contribution in [2.75, 3.05) is 53.0 Å². The smallest absolute Gasteiger partial charge is 0.127 e. The summed E-state index contributed by atoms with van der Waals surface area (Å²) >= 11 is 0. The van der Waals surface area contributed by atoms with Crippen LogP contribution in [0.1, 0.15) is 37.7 Å². The van der Waals surface area contributed by atoms with Crippen molar-refractivity contribution in [2.45, 2.75) is 50.4 Å². The monoisotopic (exact) mass is 390 g/mol. The number of methoxy groups -OCH3 is 1. The van der Waals surface area contributed by atoms with Crippen LogP contribution in [-0.4, -0.2) is 79.7 Å². The average molecular weight is 391 g/mol. The van der Waals surface area contributed by atoms with E-state index in [1.807, 2.05) is 12.1 Å². The fraction of sp³-hybridized carbons (Fsp3) is 0.727. The lowest BCUT2D eigenvalue weighted by Gasteiger charge is -2.47. The van der Waals surface area contributed by atoms with Crippen molar-refractivity contribution in [1.29, 1.82) is 0 Å². The molecule has 0 radical (unpaired) electrons. The highest BCUT2D eigenvalue weighted by Crippen LogP contribution is 2.37. The van der Waals surface area contributed by atoms with Gasteiger partial charge in [0.15, 0.2) is 0 Å². The van der Waals surface area contributed by atoms with Crippen molar-refractivity contribution >= 4 is 0 Å². The number of benzene rings is 1. The van der Waals surface area contributed by atoms with E-state index in [2.05, 4.69) is 15.9 Å². The van der Waals surface area contributed by atoms with Gasteiger partial charge < -0.3 is 24.2 Å². The maximum absolute atomic E-state index is 10.4. The molecular weight excluding hydrogens is 356 g/mol. The molecule has 0 bridgehead atoms. The van der Waals surface area contributed by atoms with Gasteiger partial charge in [0.25, 0.3) is 0 Å². The van der Waals surface area contributed by atoms with Crippen LogP contribution >= 0.6 is 0 Å². The molecule has 3 saturated heterocycles. The molecular formula is C22H34N2O4. The second-order valence-corrected chi connectivity index (χ2v) is 8.50. The lowest BCUT2D eigenvalue weighted by atomic mass is 9.84. The van der Waals surface area contributed by atoms with Gasteiger partial charge >= 0.3 is 0 Å². The van der Waals surface area contributed by atoms with Gasteiger partial charge in [0.05, 0.1) is 19.3 Å². The lowest BCUT2D eigenvalue weighted by molar-refractivity contribution is -0.173. The molecule has 6 nitrogen and oxygen atoms in total. The van der Waals surface area contributed by atoms with Crippen LogP contribution < -0.4 is 9.47 Å². The molecule has 0 unspecified atom stereocenters. The molecule has 4 rings (SSSR count). The molecule has 1 N–H and O–H groups in total. The summed E-state index contributed by atoms with van der Waals surface area (Å²) in [5.74, 6) is 1.60. The average Bonchev–Trinajstić information content (AvgIpc) is 3.19. The molecule has 3 fully saturated rings. The van der Waals surface area contributed by atoms with Gasteiger partial charge in [0.1, 0.15) is 24.2 Å². The molecule has 0 aliphatic carbocycles. The minimum absolute atomic E-state index is 0.176. The first-order chi connectivity index (χ1) is 13.7. The zero-order chi connectivity index (χ0) is 19.4. The standard InChI is InChI=1S/C22H34N2O4/c1-26-20-5-4-18(15-24-11-6-22(7-12-24)8-13-28-22)21(14-20)27-17-19(25)16-23-9-2-3-10-23/h4-5,14,19,25H,2-3,6-13,15-17H2,1H3/t19-/m0/s1. The SMILES string of the molecule is COc1ccc(CN2CCC3(CCO3)CC2)c(OC[C@@H](O)CN2CCCC2)c1. The first kappa shape index (κ1) is 20.0. The predicted molar refractivity (Wildman–Crippen MR) is 108 cm³/mol. The molecule has 1 atom stereocenters. The maximum Gasteiger partial charge on any atom is 0.127 e. The number of piperidine rings is 1. The van der Waals surface area contributed by atoms with Crippen LogP contribution in [0.4, 0.5) is 0 Å². The highest BCUT2D eigenvalue weighted by atomic mass is 16.5. The normalized spacial score (nSPS) is 23.5. The summed E-state index contributed by atoms with van der Waals surface area (Å²) in [5, 5.41) is 10.4. The molecule has 1 aromatic carbocycles. The van der Waals surface area contributed by atoms with Gasteiger partial charge in [-0.1, -0.05) is 6.07 Å². The van der Waals surface area contributed by atoms with Crippen LogP contribution in [0.2, 0.25) is 0 Å². The summed E-state index contributed by atoms with van der Waals surface area (Å²) in [6.07, 6.45) is 5.45. The van der Waals surface area contributed by atoms with E-state index in [4.69, 9.17) is 14.2 Å². The van der Waals surface area contributed by atoms with Crippen LogP contribution in [0.15, 0.2) is 18.2 Å². The Labute approximate surface area is 168 Å². The van der Waals surface area contributed by atoms with Crippen LogP contribution in [0.5, 0.6) is 11.5 Å². The van der Waals surface area contributed by atoms with E-state index in [1.165, 1.54) is 19.3 Å². The number of hydrogen-bond acceptors (Lipinski definition) is 6. The Bertz CT molecular complexity index is 633. The molecule has 1 aromatic rings. The lowest BCUT2D eigenvalue weighted by Crippen LogP contribution is -2.52. The van der Waals surface area contributed by atoms with Gasteiger partial charge in [-0.3, -0.25) is 4.90 Å². The van der Waals surface area contributed by atoms with Crippen molar-refractivity contribution < 1.29 is 19.3 Å². The number of β-amino-alcohol motifs (C(OH)–C–C–N with tert-alkyl or cyclic N) is 1. The Balaban J connectivity index is 1.34. The predicted octanol–water partition coefficient (Wildman–Crippen LogP) is 2.29. The van der Waals surface area contributed by atoms with E-state index in [9.17, 15) is 5.11 Å². The first-order valence-corrected chi connectivity index (χ1v) is 10.7. The summed E-state index contributed by atoms with van der Waals surface area (Å²) in [6, 6.07) is 6.02. The van der Waals surface area contributed by atoms with Crippen molar-refractivity contribution in [1.82, 2.24) is 9.80 Å². The van der Waals surface area contributed by atoms with E-state index in [0.717, 1.165) is 69.2 Å². The minimum atomic E-state index is -0.470. The number of likely N-dealkylation sites (tertiary alicyclic amines) is 2. The topological polar surface area (TPSA) is 54.4 Å². The molecule has 1 spiro atoms. The summed E-state index contributed by atoms with van der Waals surface area (Å²) in [5.41, 5.74) is 1.33. The maximum atomic E-state index is 10.4. The van der Waals surface area contributed by atoms with Crippen LogP contribution in [0.3, 0.4) is 0 Å². The number of rotatable bonds is 8. The van der Waals surface area contributed by atoms with Gasteiger partial charge in [-0.15, -0.1) is 0 Å². The minimum Gasteiger partial charge on any atom is -0.497 e. The molecule has 0 aromatic heterocycles. The van der Waals surface area contributed by atoms with Crippen molar-refractivity contribution in [3.05, 3.63) is 23.8 Å². The van der Waals surface area contributed by atoms with Gasteiger partial charge in [-0.05, 0) is 51.3 Å². The molecule has 156 valence electrons. The number of hydrogen-bond donors (Lipinski definition) is 1. The highest BCUT2D eigenvalue weighted by molar-refractivity contribution is 5.40. The van der Waals surface area contributed by atoms with Crippen molar-refractivity contribution in [3.63, 3.8) is 0 Å². The second-order valence-electron chi connectivity index (χ2n) is 8.50. The number of nitrogens with zero attached hydrogens (tertiary/aromatic N) is 2. The summed E-state index contributed by atoms with van der Waals surface area (Å²) < 4.78 is 17.3. The zero-order valence-electron chi connectivity index (χ0n) is 17.1. The van der Waals surface area contributed by atoms with Gasteiger partial charge in [0, 0.05) is 37.8 Å². The van der Waals surface area contributed by atoms with Crippen LogP contribution in [-0.2, 0) is 11.3 Å². The Morgan fingerprint density at radius 2 is 1.86 bits per heavy atom. The third-order valence-electron chi connectivity index (χ3n) is 6.50. The zero-order valence-corrected chi connectivity index (χ0v) is 17.1. The summed E-state index contributed by atoms with van der Waals surface area (Å²) in [7, 11) is 1.67. The van der Waals surface area contributed by atoms with Gasteiger partial charge in [-0.2, -0.15) is 0 Å². The molecule has 0 amide bonds. The Kier molecular flexibility index (Phi) is 6.41. The highest BCUT2D eigenvalue weighted by Gasteiger charge is 2.41. The number of aliphatic hydroxyl groups is 1. The van der Waals surface area contributed by atoms with E-state index >= 15 is 0 Å². The molecule has 3 heterocycles. The van der Waals surface area contributed by atoms with E-state index in [1.54, 1.807) is 7.11 Å². The third-order valence-corrected chi connectivity index (χ3v) is 6.50. The second kappa shape index (κ2) is 8.99. The van der Waals surface area contributed by atoms with E-state index in [-0.39, 0.29) is 5.60 Å². The Hall–Kier alpha value is -1.34. The number of aliphatic hydroxyl groups excluding tert-OH is 1.